The van der Waals surface area contributed by atoms with Crippen molar-refractivity contribution in [1.82, 2.24) is 0 Å². The highest BCUT2D eigenvalue weighted by molar-refractivity contribution is 9.10. The number of hydrogen-bond acceptors (Lipinski definition) is 3. The molecule has 1 unspecified atom stereocenters. The van der Waals surface area contributed by atoms with E-state index in [0.717, 1.165) is 21.2 Å². The van der Waals surface area contributed by atoms with Crippen LogP contribution in [-0.4, -0.2) is 14.2 Å². The lowest BCUT2D eigenvalue weighted by Crippen LogP contribution is -2.13. The topological polar surface area (TPSA) is 44.5 Å². The van der Waals surface area contributed by atoms with Crippen molar-refractivity contribution >= 4 is 27.5 Å². The van der Waals surface area contributed by atoms with E-state index in [4.69, 9.17) is 26.8 Å². The molecule has 5 heteroatoms. The van der Waals surface area contributed by atoms with Crippen molar-refractivity contribution in [3.63, 3.8) is 0 Å². The van der Waals surface area contributed by atoms with Gasteiger partial charge in [0.1, 0.15) is 0 Å². The summed E-state index contributed by atoms with van der Waals surface area (Å²) in [5.41, 5.74) is 9.25. The summed E-state index contributed by atoms with van der Waals surface area (Å²) in [4.78, 5) is 0. The number of nitrogens with two attached hydrogens (primary N) is 1. The van der Waals surface area contributed by atoms with Crippen LogP contribution in [0, 0.1) is 6.92 Å². The molecule has 0 aliphatic heterocycles. The van der Waals surface area contributed by atoms with E-state index in [1.165, 1.54) is 0 Å². The molecule has 2 rings (SSSR count). The normalized spacial score (nSPS) is 12.1. The van der Waals surface area contributed by atoms with E-state index in [9.17, 15) is 0 Å². The Morgan fingerprint density at radius 3 is 2.29 bits per heavy atom. The van der Waals surface area contributed by atoms with E-state index < -0.39 is 0 Å². The first-order chi connectivity index (χ1) is 9.97. The first-order valence-electron chi connectivity index (χ1n) is 6.41. The van der Waals surface area contributed by atoms with Crippen molar-refractivity contribution in [1.29, 1.82) is 0 Å². The summed E-state index contributed by atoms with van der Waals surface area (Å²) in [7, 11) is 3.20. The fourth-order valence-electron chi connectivity index (χ4n) is 2.09. The lowest BCUT2D eigenvalue weighted by Gasteiger charge is -2.18. The molecule has 0 radical (unpaired) electrons. The van der Waals surface area contributed by atoms with E-state index in [1.807, 2.05) is 37.3 Å². The molecule has 0 saturated heterocycles. The second-order valence-corrected chi connectivity index (χ2v) is 5.98. The van der Waals surface area contributed by atoms with Gasteiger partial charge in [0, 0.05) is 9.50 Å². The maximum Gasteiger partial charge on any atom is 0.161 e. The Kier molecular flexibility index (Phi) is 5.14. The van der Waals surface area contributed by atoms with Crippen LogP contribution in [0.5, 0.6) is 11.5 Å². The van der Waals surface area contributed by atoms with Crippen molar-refractivity contribution in [2.45, 2.75) is 13.0 Å². The van der Waals surface area contributed by atoms with Crippen LogP contribution >= 0.6 is 27.5 Å². The Bertz CT molecular complexity index is 661. The Hall–Kier alpha value is -1.23. The van der Waals surface area contributed by atoms with Gasteiger partial charge in [-0.05, 0) is 41.8 Å². The van der Waals surface area contributed by atoms with Gasteiger partial charge in [0.15, 0.2) is 11.5 Å². The summed E-state index contributed by atoms with van der Waals surface area (Å²) in [5.74, 6) is 1.30. The summed E-state index contributed by atoms with van der Waals surface area (Å²) in [6.45, 7) is 1.96. The zero-order valence-corrected chi connectivity index (χ0v) is 14.5. The summed E-state index contributed by atoms with van der Waals surface area (Å²) in [5, 5.41) is 0.708. The highest BCUT2D eigenvalue weighted by Gasteiger charge is 2.17. The standard InChI is InChI=1S/C16H17BrClNO2/c1-9-4-5-10(6-13(9)18)16(19)11-7-14(20-2)15(21-3)8-12(11)17/h4-8,16H,19H2,1-3H3. The summed E-state index contributed by atoms with van der Waals surface area (Å²) < 4.78 is 11.5. The van der Waals surface area contributed by atoms with Gasteiger partial charge in [-0.2, -0.15) is 0 Å². The minimum atomic E-state index is -0.308. The molecule has 0 spiro atoms. The number of rotatable bonds is 4. The molecule has 0 bridgehead atoms. The lowest BCUT2D eigenvalue weighted by molar-refractivity contribution is 0.354. The maximum atomic E-state index is 6.37. The van der Waals surface area contributed by atoms with Gasteiger partial charge in [0.05, 0.1) is 20.3 Å². The highest BCUT2D eigenvalue weighted by atomic mass is 79.9. The second kappa shape index (κ2) is 6.69. The Morgan fingerprint density at radius 1 is 1.10 bits per heavy atom. The molecule has 1 atom stereocenters. The van der Waals surface area contributed by atoms with Crippen LogP contribution in [0.4, 0.5) is 0 Å². The molecule has 0 aromatic heterocycles. The number of benzene rings is 2. The van der Waals surface area contributed by atoms with Crippen molar-refractivity contribution in [2.75, 3.05) is 14.2 Å². The predicted octanol–water partition coefficient (Wildman–Crippen LogP) is 4.48. The average molecular weight is 371 g/mol. The third-order valence-electron chi connectivity index (χ3n) is 3.39. The van der Waals surface area contributed by atoms with Crippen LogP contribution in [0.3, 0.4) is 0 Å². The summed E-state index contributed by atoms with van der Waals surface area (Å²) in [6, 6.07) is 9.26. The molecule has 2 aromatic carbocycles. The van der Waals surface area contributed by atoms with Gasteiger partial charge in [-0.1, -0.05) is 39.7 Å². The minimum absolute atomic E-state index is 0.308. The van der Waals surface area contributed by atoms with Gasteiger partial charge in [-0.3, -0.25) is 0 Å². The van der Waals surface area contributed by atoms with Gasteiger partial charge < -0.3 is 15.2 Å². The number of ether oxygens (including phenoxy) is 2. The fourth-order valence-corrected chi connectivity index (χ4v) is 2.85. The number of halogens is 2. The number of aryl methyl sites for hydroxylation is 1. The number of hydrogen-bond donors (Lipinski definition) is 1. The molecular formula is C16H17BrClNO2. The van der Waals surface area contributed by atoms with E-state index in [2.05, 4.69) is 15.9 Å². The van der Waals surface area contributed by atoms with Gasteiger partial charge in [0.2, 0.25) is 0 Å². The fraction of sp³-hybridized carbons (Fsp3) is 0.250. The molecular weight excluding hydrogens is 354 g/mol. The SMILES string of the molecule is COc1cc(Br)c(C(N)c2ccc(C)c(Cl)c2)cc1OC. The van der Waals surface area contributed by atoms with Crippen LogP contribution in [0.25, 0.3) is 0 Å². The zero-order valence-electron chi connectivity index (χ0n) is 12.1. The average Bonchev–Trinajstić information content (AvgIpc) is 2.49. The van der Waals surface area contributed by atoms with Crippen molar-refractivity contribution in [2.24, 2.45) is 5.73 Å². The van der Waals surface area contributed by atoms with Crippen molar-refractivity contribution in [3.05, 3.63) is 56.5 Å². The number of methoxy groups -OCH3 is 2. The molecule has 0 aliphatic rings. The van der Waals surface area contributed by atoms with Crippen LogP contribution in [0.2, 0.25) is 5.02 Å². The molecule has 3 nitrogen and oxygen atoms in total. The van der Waals surface area contributed by atoms with Gasteiger partial charge >= 0.3 is 0 Å². The molecule has 112 valence electrons. The highest BCUT2D eigenvalue weighted by Crippen LogP contribution is 2.37. The van der Waals surface area contributed by atoms with E-state index in [-0.39, 0.29) is 6.04 Å². The smallest absolute Gasteiger partial charge is 0.161 e. The monoisotopic (exact) mass is 369 g/mol. The minimum Gasteiger partial charge on any atom is -0.493 e. The van der Waals surface area contributed by atoms with Gasteiger partial charge in [0.25, 0.3) is 0 Å². The molecule has 2 aromatic rings. The van der Waals surface area contributed by atoms with Crippen LogP contribution < -0.4 is 15.2 Å². The molecule has 0 aliphatic carbocycles. The van der Waals surface area contributed by atoms with E-state index in [1.54, 1.807) is 14.2 Å². The van der Waals surface area contributed by atoms with Crippen molar-refractivity contribution < 1.29 is 9.47 Å². The zero-order chi connectivity index (χ0) is 15.6. The predicted molar refractivity (Wildman–Crippen MR) is 89.5 cm³/mol. The summed E-state index contributed by atoms with van der Waals surface area (Å²) >= 11 is 9.71. The first-order valence-corrected chi connectivity index (χ1v) is 7.58. The van der Waals surface area contributed by atoms with E-state index >= 15 is 0 Å². The van der Waals surface area contributed by atoms with Crippen LogP contribution in [0.1, 0.15) is 22.7 Å². The molecule has 21 heavy (non-hydrogen) atoms. The second-order valence-electron chi connectivity index (χ2n) is 4.71. The Labute approximate surface area is 138 Å². The summed E-state index contributed by atoms with van der Waals surface area (Å²) in [6.07, 6.45) is 0. The van der Waals surface area contributed by atoms with Crippen LogP contribution in [-0.2, 0) is 0 Å². The van der Waals surface area contributed by atoms with Gasteiger partial charge in [-0.15, -0.1) is 0 Å². The third kappa shape index (κ3) is 3.34. The first kappa shape index (κ1) is 16.1. The molecule has 0 fully saturated rings. The van der Waals surface area contributed by atoms with Crippen molar-refractivity contribution in [3.8, 4) is 11.5 Å². The Balaban J connectivity index is 2.47. The third-order valence-corrected chi connectivity index (χ3v) is 4.49. The Morgan fingerprint density at radius 2 is 1.71 bits per heavy atom. The molecule has 0 heterocycles. The van der Waals surface area contributed by atoms with E-state index in [0.29, 0.717) is 16.5 Å². The largest absolute Gasteiger partial charge is 0.493 e. The molecule has 0 saturated carbocycles. The van der Waals surface area contributed by atoms with Crippen LogP contribution in [0.15, 0.2) is 34.8 Å². The van der Waals surface area contributed by atoms with Gasteiger partial charge in [-0.25, -0.2) is 0 Å². The maximum absolute atomic E-state index is 6.37. The quantitative estimate of drug-likeness (QED) is 0.863. The molecule has 0 amide bonds. The molecule has 2 N–H and O–H groups in total. The lowest BCUT2D eigenvalue weighted by atomic mass is 9.98.